The Bertz CT molecular complexity index is 332. The summed E-state index contributed by atoms with van der Waals surface area (Å²) in [5.41, 5.74) is 5.52. The van der Waals surface area contributed by atoms with Crippen molar-refractivity contribution in [2.75, 3.05) is 13.1 Å². The molecule has 2 fully saturated rings. The van der Waals surface area contributed by atoms with E-state index in [1.807, 2.05) is 25.7 Å². The molecule has 116 valence electrons. The van der Waals surface area contributed by atoms with Gasteiger partial charge in [-0.25, -0.2) is 4.79 Å². The monoisotopic (exact) mass is 282 g/mol. The molecular weight excluding hydrogens is 252 g/mol. The summed E-state index contributed by atoms with van der Waals surface area (Å²) in [7, 11) is 0. The van der Waals surface area contributed by atoms with Crippen LogP contribution in [0.15, 0.2) is 0 Å². The van der Waals surface area contributed by atoms with Crippen LogP contribution in [0.25, 0.3) is 0 Å². The Kier molecular flexibility index (Phi) is 4.95. The summed E-state index contributed by atoms with van der Waals surface area (Å²) in [6.45, 7) is 7.27. The highest BCUT2D eigenvalue weighted by Gasteiger charge is 2.42. The van der Waals surface area contributed by atoms with E-state index in [0.29, 0.717) is 24.4 Å². The highest BCUT2D eigenvalue weighted by Crippen LogP contribution is 2.37. The van der Waals surface area contributed by atoms with Crippen LogP contribution < -0.4 is 5.73 Å². The summed E-state index contributed by atoms with van der Waals surface area (Å²) in [4.78, 5) is 14.4. The minimum atomic E-state index is -0.422. The van der Waals surface area contributed by atoms with Crippen LogP contribution in [0.2, 0.25) is 0 Å². The lowest BCUT2D eigenvalue weighted by atomic mass is 9.79. The number of hydrogen-bond acceptors (Lipinski definition) is 3. The maximum absolute atomic E-state index is 12.4. The zero-order valence-electron chi connectivity index (χ0n) is 13.2. The van der Waals surface area contributed by atoms with Crippen LogP contribution in [0.5, 0.6) is 0 Å². The van der Waals surface area contributed by atoms with Gasteiger partial charge >= 0.3 is 6.09 Å². The van der Waals surface area contributed by atoms with Crippen LogP contribution in [0.3, 0.4) is 0 Å². The molecule has 1 saturated heterocycles. The first-order chi connectivity index (χ1) is 9.42. The molecule has 0 aromatic heterocycles. The summed E-state index contributed by atoms with van der Waals surface area (Å²) in [6, 6.07) is 0.301. The molecule has 1 aliphatic heterocycles. The quantitative estimate of drug-likeness (QED) is 0.846. The number of nitrogens with two attached hydrogens (primary N) is 1. The molecule has 2 rings (SSSR count). The number of nitrogens with zero attached hydrogens (tertiary/aromatic N) is 1. The van der Waals surface area contributed by atoms with Gasteiger partial charge in [0.1, 0.15) is 5.60 Å². The number of carbonyl (C=O) groups is 1. The first kappa shape index (κ1) is 15.6. The number of amides is 1. The fourth-order valence-electron chi connectivity index (χ4n) is 3.79. The van der Waals surface area contributed by atoms with E-state index in [-0.39, 0.29) is 6.09 Å². The first-order valence-electron chi connectivity index (χ1n) is 8.12. The van der Waals surface area contributed by atoms with Crippen molar-refractivity contribution in [3.05, 3.63) is 0 Å². The van der Waals surface area contributed by atoms with Crippen molar-refractivity contribution in [2.24, 2.45) is 17.6 Å². The van der Waals surface area contributed by atoms with E-state index < -0.39 is 5.60 Å². The molecule has 0 spiro atoms. The fourth-order valence-corrected chi connectivity index (χ4v) is 3.79. The van der Waals surface area contributed by atoms with Crippen LogP contribution in [0, 0.1) is 11.8 Å². The summed E-state index contributed by atoms with van der Waals surface area (Å²) in [5, 5.41) is 0. The fraction of sp³-hybridized carbons (Fsp3) is 0.938. The SMILES string of the molecule is CC(C)(C)OC(=O)N1CCC(CN)C1C1CCCCC1. The highest BCUT2D eigenvalue weighted by atomic mass is 16.6. The lowest BCUT2D eigenvalue weighted by Gasteiger charge is -2.37. The van der Waals surface area contributed by atoms with Gasteiger partial charge in [-0.3, -0.25) is 0 Å². The molecule has 2 unspecified atom stereocenters. The van der Waals surface area contributed by atoms with Gasteiger partial charge in [-0.1, -0.05) is 19.3 Å². The van der Waals surface area contributed by atoms with Crippen LogP contribution in [0.4, 0.5) is 4.79 Å². The number of likely N-dealkylation sites (tertiary alicyclic amines) is 1. The summed E-state index contributed by atoms with van der Waals surface area (Å²) < 4.78 is 5.58. The molecule has 1 saturated carbocycles. The minimum Gasteiger partial charge on any atom is -0.444 e. The van der Waals surface area contributed by atoms with Gasteiger partial charge in [-0.15, -0.1) is 0 Å². The molecule has 0 radical (unpaired) electrons. The third-order valence-corrected chi connectivity index (χ3v) is 4.65. The van der Waals surface area contributed by atoms with Gasteiger partial charge in [0.05, 0.1) is 0 Å². The van der Waals surface area contributed by atoms with E-state index in [1.165, 1.54) is 32.1 Å². The summed E-state index contributed by atoms with van der Waals surface area (Å²) in [5.74, 6) is 1.07. The van der Waals surface area contributed by atoms with Gasteiger partial charge < -0.3 is 15.4 Å². The molecule has 0 bridgehead atoms. The average Bonchev–Trinajstić information content (AvgIpc) is 2.81. The number of ether oxygens (including phenoxy) is 1. The van der Waals surface area contributed by atoms with E-state index >= 15 is 0 Å². The molecule has 4 nitrogen and oxygen atoms in total. The van der Waals surface area contributed by atoms with E-state index in [9.17, 15) is 4.79 Å². The molecule has 2 aliphatic rings. The van der Waals surface area contributed by atoms with E-state index in [0.717, 1.165) is 13.0 Å². The lowest BCUT2D eigenvalue weighted by Crippen LogP contribution is -2.46. The molecular formula is C16H30N2O2. The van der Waals surface area contributed by atoms with Gasteiger partial charge in [-0.2, -0.15) is 0 Å². The Morgan fingerprint density at radius 3 is 2.40 bits per heavy atom. The van der Waals surface area contributed by atoms with Crippen molar-refractivity contribution in [2.45, 2.75) is 70.9 Å². The van der Waals surface area contributed by atoms with Gasteiger partial charge in [0.15, 0.2) is 0 Å². The minimum absolute atomic E-state index is 0.149. The Balaban J connectivity index is 2.08. The van der Waals surface area contributed by atoms with Gasteiger partial charge in [0.2, 0.25) is 0 Å². The molecule has 1 aliphatic carbocycles. The predicted molar refractivity (Wildman–Crippen MR) is 80.5 cm³/mol. The van der Waals surface area contributed by atoms with Gasteiger partial charge in [0.25, 0.3) is 0 Å². The Hall–Kier alpha value is -0.770. The molecule has 20 heavy (non-hydrogen) atoms. The second-order valence-electron chi connectivity index (χ2n) is 7.35. The van der Waals surface area contributed by atoms with Crippen LogP contribution in [0.1, 0.15) is 59.3 Å². The van der Waals surface area contributed by atoms with E-state index in [2.05, 4.69) is 0 Å². The molecule has 2 N–H and O–H groups in total. The number of hydrogen-bond donors (Lipinski definition) is 1. The topological polar surface area (TPSA) is 55.6 Å². The van der Waals surface area contributed by atoms with Crippen molar-refractivity contribution in [1.82, 2.24) is 4.90 Å². The molecule has 4 heteroatoms. The predicted octanol–water partition coefficient (Wildman–Crippen LogP) is 3.15. The zero-order valence-corrected chi connectivity index (χ0v) is 13.2. The van der Waals surface area contributed by atoms with Crippen LogP contribution >= 0.6 is 0 Å². The second-order valence-corrected chi connectivity index (χ2v) is 7.35. The average molecular weight is 282 g/mol. The Labute approximate surface area is 123 Å². The number of carbonyl (C=O) groups excluding carboxylic acids is 1. The van der Waals surface area contributed by atoms with E-state index in [1.54, 1.807) is 0 Å². The van der Waals surface area contributed by atoms with Gasteiger partial charge in [-0.05, 0) is 58.4 Å². The molecule has 1 amide bonds. The van der Waals surface area contributed by atoms with Crippen LogP contribution in [-0.2, 0) is 4.74 Å². The third-order valence-electron chi connectivity index (χ3n) is 4.65. The standard InChI is InChI=1S/C16H30N2O2/c1-16(2,3)20-15(19)18-10-9-13(11-17)14(18)12-7-5-4-6-8-12/h12-14H,4-11,17H2,1-3H3. The Morgan fingerprint density at radius 2 is 1.85 bits per heavy atom. The van der Waals surface area contributed by atoms with Crippen molar-refractivity contribution in [3.63, 3.8) is 0 Å². The second kappa shape index (κ2) is 6.33. The smallest absolute Gasteiger partial charge is 0.410 e. The third kappa shape index (κ3) is 3.66. The normalized spacial score (nSPS) is 28.7. The molecule has 0 aromatic carbocycles. The van der Waals surface area contributed by atoms with Crippen molar-refractivity contribution in [3.8, 4) is 0 Å². The zero-order chi connectivity index (χ0) is 14.8. The van der Waals surface area contributed by atoms with Crippen molar-refractivity contribution in [1.29, 1.82) is 0 Å². The van der Waals surface area contributed by atoms with Gasteiger partial charge in [0, 0.05) is 12.6 Å². The summed E-state index contributed by atoms with van der Waals surface area (Å²) >= 11 is 0. The first-order valence-corrected chi connectivity index (χ1v) is 8.12. The molecule has 2 atom stereocenters. The lowest BCUT2D eigenvalue weighted by molar-refractivity contribution is 0.0124. The number of rotatable bonds is 2. The summed E-state index contributed by atoms with van der Waals surface area (Å²) in [6.07, 6.45) is 7.27. The van der Waals surface area contributed by atoms with Crippen LogP contribution in [-0.4, -0.2) is 35.7 Å². The maximum Gasteiger partial charge on any atom is 0.410 e. The maximum atomic E-state index is 12.4. The Morgan fingerprint density at radius 1 is 1.20 bits per heavy atom. The highest BCUT2D eigenvalue weighted by molar-refractivity contribution is 5.69. The molecule has 1 heterocycles. The van der Waals surface area contributed by atoms with Crippen molar-refractivity contribution < 1.29 is 9.53 Å². The van der Waals surface area contributed by atoms with Crippen molar-refractivity contribution >= 4 is 6.09 Å². The molecule has 0 aromatic rings. The van der Waals surface area contributed by atoms with E-state index in [4.69, 9.17) is 10.5 Å². The largest absolute Gasteiger partial charge is 0.444 e.